The summed E-state index contributed by atoms with van der Waals surface area (Å²) in [5.41, 5.74) is 6.84. The highest BCUT2D eigenvalue weighted by atomic mass is 16.1. The molecule has 0 aromatic carbocycles. The van der Waals surface area contributed by atoms with Crippen molar-refractivity contribution in [3.63, 3.8) is 0 Å². The third-order valence-electron chi connectivity index (χ3n) is 2.63. The molecular weight excluding hydrogens is 214 g/mol. The van der Waals surface area contributed by atoms with Crippen molar-refractivity contribution in [3.8, 4) is 0 Å². The minimum Gasteiger partial charge on any atom is -0.396 e. The fourth-order valence-electron chi connectivity index (χ4n) is 1.62. The van der Waals surface area contributed by atoms with E-state index in [4.69, 9.17) is 5.73 Å². The third kappa shape index (κ3) is 5.33. The molecule has 0 spiro atoms. The minimum absolute atomic E-state index is 0.0272. The summed E-state index contributed by atoms with van der Waals surface area (Å²) in [6.45, 7) is 2.18. The van der Waals surface area contributed by atoms with Gasteiger partial charge in [-0.1, -0.05) is 32.6 Å². The van der Waals surface area contributed by atoms with E-state index in [1.807, 2.05) is 0 Å². The first-order chi connectivity index (χ1) is 8.24. The van der Waals surface area contributed by atoms with Crippen molar-refractivity contribution < 1.29 is 4.79 Å². The normalized spacial score (nSPS) is 10.2. The second kappa shape index (κ2) is 7.65. The first kappa shape index (κ1) is 13.5. The van der Waals surface area contributed by atoms with Gasteiger partial charge >= 0.3 is 0 Å². The van der Waals surface area contributed by atoms with E-state index in [2.05, 4.69) is 17.2 Å². The van der Waals surface area contributed by atoms with Crippen LogP contribution in [-0.4, -0.2) is 10.9 Å². The molecule has 0 aliphatic heterocycles. The summed E-state index contributed by atoms with van der Waals surface area (Å²) in [5.74, 6) is 0.0272. The number of hydrogen-bond acceptors (Lipinski definition) is 3. The molecule has 1 heterocycles. The summed E-state index contributed by atoms with van der Waals surface area (Å²) >= 11 is 0. The number of carbonyl (C=O) groups excluding carboxylic acids is 1. The lowest BCUT2D eigenvalue weighted by atomic mass is 10.1. The number of nitrogens with two attached hydrogens (primary N) is 1. The Balaban J connectivity index is 2.23. The van der Waals surface area contributed by atoms with Gasteiger partial charge in [-0.25, -0.2) is 0 Å². The van der Waals surface area contributed by atoms with Gasteiger partial charge in [0.05, 0.1) is 17.6 Å². The van der Waals surface area contributed by atoms with E-state index in [1.54, 1.807) is 12.3 Å². The molecule has 17 heavy (non-hydrogen) atoms. The molecule has 0 saturated carbocycles. The predicted octanol–water partition coefficient (Wildman–Crippen LogP) is 2.96. The highest BCUT2D eigenvalue weighted by Gasteiger charge is 2.04. The average Bonchev–Trinajstić information content (AvgIpc) is 2.32. The fourth-order valence-corrected chi connectivity index (χ4v) is 1.62. The molecule has 0 fully saturated rings. The lowest BCUT2D eigenvalue weighted by Crippen LogP contribution is -2.12. The van der Waals surface area contributed by atoms with Gasteiger partial charge in [-0.15, -0.1) is 0 Å². The van der Waals surface area contributed by atoms with E-state index in [1.165, 1.54) is 25.5 Å². The van der Waals surface area contributed by atoms with Crippen LogP contribution in [0.15, 0.2) is 18.5 Å². The molecule has 1 amide bonds. The number of nitrogen functional groups attached to an aromatic ring is 1. The largest absolute Gasteiger partial charge is 0.396 e. The number of amides is 1. The lowest BCUT2D eigenvalue weighted by molar-refractivity contribution is -0.116. The Morgan fingerprint density at radius 3 is 2.82 bits per heavy atom. The van der Waals surface area contributed by atoms with Crippen molar-refractivity contribution in [3.05, 3.63) is 18.5 Å². The quantitative estimate of drug-likeness (QED) is 0.714. The van der Waals surface area contributed by atoms with E-state index in [0.29, 0.717) is 17.8 Å². The summed E-state index contributed by atoms with van der Waals surface area (Å²) in [6.07, 6.45) is 9.46. The monoisotopic (exact) mass is 235 g/mol. The smallest absolute Gasteiger partial charge is 0.224 e. The second-order valence-corrected chi connectivity index (χ2v) is 4.18. The average molecular weight is 235 g/mol. The Hall–Kier alpha value is -1.58. The Labute approximate surface area is 103 Å². The Morgan fingerprint density at radius 2 is 2.12 bits per heavy atom. The summed E-state index contributed by atoms with van der Waals surface area (Å²) in [4.78, 5) is 15.5. The van der Waals surface area contributed by atoms with Gasteiger partial charge in [0.1, 0.15) is 0 Å². The van der Waals surface area contributed by atoms with Gasteiger partial charge in [0.2, 0.25) is 5.91 Å². The highest BCUT2D eigenvalue weighted by Crippen LogP contribution is 2.15. The number of hydrogen-bond donors (Lipinski definition) is 2. The lowest BCUT2D eigenvalue weighted by Gasteiger charge is -2.07. The number of pyridine rings is 1. The maximum Gasteiger partial charge on any atom is 0.224 e. The molecule has 0 radical (unpaired) electrons. The van der Waals surface area contributed by atoms with Crippen molar-refractivity contribution in [2.45, 2.75) is 45.4 Å². The van der Waals surface area contributed by atoms with Crippen LogP contribution in [0.5, 0.6) is 0 Å². The van der Waals surface area contributed by atoms with Crippen molar-refractivity contribution in [1.82, 2.24) is 4.98 Å². The van der Waals surface area contributed by atoms with Crippen LogP contribution >= 0.6 is 0 Å². The van der Waals surface area contributed by atoms with Crippen LogP contribution in [0.1, 0.15) is 45.4 Å². The van der Waals surface area contributed by atoms with Crippen LogP contribution in [0.3, 0.4) is 0 Å². The van der Waals surface area contributed by atoms with Crippen LogP contribution in [0.2, 0.25) is 0 Å². The molecule has 0 aliphatic carbocycles. The van der Waals surface area contributed by atoms with Crippen LogP contribution in [0.4, 0.5) is 11.4 Å². The summed E-state index contributed by atoms with van der Waals surface area (Å²) in [7, 11) is 0. The number of carbonyl (C=O) groups is 1. The molecule has 3 N–H and O–H groups in total. The minimum atomic E-state index is 0.0272. The van der Waals surface area contributed by atoms with Gasteiger partial charge < -0.3 is 11.1 Å². The molecule has 1 aromatic rings. The molecule has 0 aliphatic rings. The number of nitrogens with one attached hydrogen (secondary N) is 1. The molecule has 0 atom stereocenters. The number of rotatable bonds is 7. The number of anilines is 2. The third-order valence-corrected chi connectivity index (χ3v) is 2.63. The predicted molar refractivity (Wildman–Crippen MR) is 70.7 cm³/mol. The van der Waals surface area contributed by atoms with E-state index in [9.17, 15) is 4.79 Å². The van der Waals surface area contributed by atoms with E-state index >= 15 is 0 Å². The summed E-state index contributed by atoms with van der Waals surface area (Å²) in [6, 6.07) is 1.71. The Bertz CT molecular complexity index is 352. The maximum absolute atomic E-state index is 11.6. The summed E-state index contributed by atoms with van der Waals surface area (Å²) < 4.78 is 0. The van der Waals surface area contributed by atoms with E-state index in [-0.39, 0.29) is 5.91 Å². The van der Waals surface area contributed by atoms with Crippen molar-refractivity contribution in [2.75, 3.05) is 11.1 Å². The summed E-state index contributed by atoms with van der Waals surface area (Å²) in [5, 5.41) is 2.80. The standard InChI is InChI=1S/C13H21N3O/c1-2-3-4-5-6-7-13(17)16-12-8-9-15-10-11(12)14/h8-10H,2-7,14H2,1H3,(H,15,16,17). The van der Waals surface area contributed by atoms with Crippen molar-refractivity contribution >= 4 is 17.3 Å². The van der Waals surface area contributed by atoms with Crippen LogP contribution < -0.4 is 11.1 Å². The molecule has 94 valence electrons. The number of aromatic nitrogens is 1. The van der Waals surface area contributed by atoms with Crippen LogP contribution in [-0.2, 0) is 4.79 Å². The zero-order valence-electron chi connectivity index (χ0n) is 10.4. The van der Waals surface area contributed by atoms with E-state index < -0.39 is 0 Å². The highest BCUT2D eigenvalue weighted by molar-refractivity contribution is 5.93. The van der Waals surface area contributed by atoms with Gasteiger partial charge in [0, 0.05) is 12.6 Å². The molecule has 0 saturated heterocycles. The van der Waals surface area contributed by atoms with Gasteiger partial charge in [-0.2, -0.15) is 0 Å². The molecule has 0 bridgehead atoms. The van der Waals surface area contributed by atoms with Crippen molar-refractivity contribution in [2.24, 2.45) is 0 Å². The van der Waals surface area contributed by atoms with Crippen LogP contribution in [0.25, 0.3) is 0 Å². The molecule has 4 nitrogen and oxygen atoms in total. The molecule has 1 rings (SSSR count). The van der Waals surface area contributed by atoms with Crippen LogP contribution in [0, 0.1) is 0 Å². The number of nitrogens with zero attached hydrogens (tertiary/aromatic N) is 1. The first-order valence-corrected chi connectivity index (χ1v) is 6.23. The molecule has 1 aromatic heterocycles. The topological polar surface area (TPSA) is 68.0 Å². The Morgan fingerprint density at radius 1 is 1.35 bits per heavy atom. The molecule has 4 heteroatoms. The van der Waals surface area contributed by atoms with Gasteiger partial charge in [0.25, 0.3) is 0 Å². The van der Waals surface area contributed by atoms with Gasteiger partial charge in [-0.3, -0.25) is 9.78 Å². The zero-order valence-corrected chi connectivity index (χ0v) is 10.4. The molecular formula is C13H21N3O. The fraction of sp³-hybridized carbons (Fsp3) is 0.538. The van der Waals surface area contributed by atoms with Gasteiger partial charge in [-0.05, 0) is 12.5 Å². The van der Waals surface area contributed by atoms with E-state index in [0.717, 1.165) is 12.8 Å². The first-order valence-electron chi connectivity index (χ1n) is 6.23. The molecule has 0 unspecified atom stereocenters. The van der Waals surface area contributed by atoms with Crippen molar-refractivity contribution in [1.29, 1.82) is 0 Å². The van der Waals surface area contributed by atoms with Gasteiger partial charge in [0.15, 0.2) is 0 Å². The maximum atomic E-state index is 11.6. The number of unbranched alkanes of at least 4 members (excludes halogenated alkanes) is 4. The Kier molecular flexibility index (Phi) is 6.07. The second-order valence-electron chi connectivity index (χ2n) is 4.18. The SMILES string of the molecule is CCCCCCCC(=O)Nc1ccncc1N. The zero-order chi connectivity index (χ0) is 12.5.